The van der Waals surface area contributed by atoms with Gasteiger partial charge in [-0.25, -0.2) is 9.69 Å². The average Bonchev–Trinajstić information content (AvgIpc) is 3.65. The molecule has 3 fully saturated rings. The maximum absolute atomic E-state index is 13.4. The highest BCUT2D eigenvalue weighted by Gasteiger charge is 2.67. The van der Waals surface area contributed by atoms with Crippen molar-refractivity contribution in [2.45, 2.75) is 6.42 Å². The van der Waals surface area contributed by atoms with Crippen molar-refractivity contribution in [2.24, 2.45) is 35.5 Å². The number of carbonyl (C=O) groups is 4. The third kappa shape index (κ3) is 3.22. The van der Waals surface area contributed by atoms with Crippen LogP contribution in [0.1, 0.15) is 27.1 Å². The van der Waals surface area contributed by atoms with E-state index in [4.69, 9.17) is 4.74 Å². The molecule has 5 aliphatic rings. The number of benzene rings is 2. The summed E-state index contributed by atoms with van der Waals surface area (Å²) in [6.45, 7) is -0.640. The van der Waals surface area contributed by atoms with E-state index in [0.29, 0.717) is 11.8 Å². The molecule has 2 bridgehead atoms. The number of anilines is 1. The van der Waals surface area contributed by atoms with Gasteiger partial charge in [0.1, 0.15) is 0 Å². The zero-order valence-corrected chi connectivity index (χ0v) is 18.4. The number of amides is 2. The smallest absolute Gasteiger partial charge is 0.340 e. The van der Waals surface area contributed by atoms with E-state index in [9.17, 15) is 29.3 Å². The minimum absolute atomic E-state index is 0.00477. The SMILES string of the molecule is O=C(COC(=O)c1ccccc1N1C(=O)[C@@H]2[C@H]3C=C[C@@H]([C@@H]4C[C@H]34)[C@@H]2C1=O)c1cccc([N+](=O)[O-])c1. The summed E-state index contributed by atoms with van der Waals surface area (Å²) in [6.07, 6.45) is 5.21. The summed E-state index contributed by atoms with van der Waals surface area (Å²) >= 11 is 0. The number of nitro benzene ring substituents is 1. The second kappa shape index (κ2) is 7.69. The third-order valence-electron chi connectivity index (χ3n) is 7.74. The van der Waals surface area contributed by atoms with Gasteiger partial charge in [0.2, 0.25) is 17.6 Å². The Hall–Kier alpha value is -4.14. The molecule has 2 aromatic rings. The second-order valence-electron chi connectivity index (χ2n) is 9.49. The van der Waals surface area contributed by atoms with E-state index < -0.39 is 35.1 Å². The molecule has 2 saturated carbocycles. The predicted octanol–water partition coefficient (Wildman–Crippen LogP) is 3.19. The number of imide groups is 1. The number of ether oxygens (including phenoxy) is 1. The number of para-hydroxylation sites is 1. The number of hydrogen-bond acceptors (Lipinski definition) is 7. The number of carbonyl (C=O) groups excluding carboxylic acids is 4. The molecular formula is C26H20N2O7. The minimum Gasteiger partial charge on any atom is -0.454 e. The van der Waals surface area contributed by atoms with Gasteiger partial charge in [-0.15, -0.1) is 0 Å². The van der Waals surface area contributed by atoms with Gasteiger partial charge in [-0.05, 0) is 42.2 Å². The van der Waals surface area contributed by atoms with E-state index >= 15 is 0 Å². The number of esters is 1. The highest BCUT2D eigenvalue weighted by Crippen LogP contribution is 2.65. The number of non-ortho nitro benzene ring substituents is 1. The first-order valence-corrected chi connectivity index (χ1v) is 11.5. The van der Waals surface area contributed by atoms with Crippen molar-refractivity contribution in [2.75, 3.05) is 11.5 Å². The first-order valence-electron chi connectivity index (χ1n) is 11.5. The Morgan fingerprint density at radius 2 is 1.63 bits per heavy atom. The van der Waals surface area contributed by atoms with Crippen LogP contribution >= 0.6 is 0 Å². The summed E-state index contributed by atoms with van der Waals surface area (Å²) < 4.78 is 5.19. The molecule has 7 rings (SSSR count). The van der Waals surface area contributed by atoms with E-state index in [1.807, 2.05) is 0 Å². The largest absolute Gasteiger partial charge is 0.454 e. The maximum atomic E-state index is 13.4. The van der Waals surface area contributed by atoms with Gasteiger partial charge in [0.05, 0.1) is 28.0 Å². The van der Waals surface area contributed by atoms with E-state index in [-0.39, 0.29) is 46.2 Å². The summed E-state index contributed by atoms with van der Waals surface area (Å²) in [7, 11) is 0. The molecule has 0 unspecified atom stereocenters. The summed E-state index contributed by atoms with van der Waals surface area (Å²) in [4.78, 5) is 63.7. The van der Waals surface area contributed by atoms with Crippen LogP contribution in [0.4, 0.5) is 11.4 Å². The molecule has 0 radical (unpaired) electrons. The summed E-state index contributed by atoms with van der Waals surface area (Å²) in [5, 5.41) is 10.9. The van der Waals surface area contributed by atoms with Crippen molar-refractivity contribution < 1.29 is 28.8 Å². The maximum Gasteiger partial charge on any atom is 0.340 e. The molecule has 9 nitrogen and oxygen atoms in total. The fourth-order valence-electron chi connectivity index (χ4n) is 6.12. The Labute approximate surface area is 199 Å². The quantitative estimate of drug-likeness (QED) is 0.158. The molecule has 2 amide bonds. The molecule has 2 aromatic carbocycles. The normalized spacial score (nSPS) is 29.5. The van der Waals surface area contributed by atoms with Crippen LogP contribution in [0.2, 0.25) is 0 Å². The van der Waals surface area contributed by atoms with Crippen LogP contribution in [-0.2, 0) is 14.3 Å². The van der Waals surface area contributed by atoms with Crippen LogP contribution in [0.15, 0.2) is 60.7 Å². The first-order chi connectivity index (χ1) is 16.9. The lowest BCUT2D eigenvalue weighted by molar-refractivity contribution is -0.384. The molecule has 6 atom stereocenters. The Morgan fingerprint density at radius 1 is 0.971 bits per heavy atom. The molecule has 1 saturated heterocycles. The topological polar surface area (TPSA) is 124 Å². The molecule has 9 heteroatoms. The number of hydrogen-bond donors (Lipinski definition) is 0. The van der Waals surface area contributed by atoms with Gasteiger partial charge >= 0.3 is 5.97 Å². The third-order valence-corrected chi connectivity index (χ3v) is 7.74. The number of ketones is 1. The van der Waals surface area contributed by atoms with Gasteiger partial charge in [-0.1, -0.05) is 36.4 Å². The van der Waals surface area contributed by atoms with Crippen LogP contribution < -0.4 is 4.90 Å². The highest BCUT2D eigenvalue weighted by atomic mass is 16.6. The fourth-order valence-corrected chi connectivity index (χ4v) is 6.12. The lowest BCUT2D eigenvalue weighted by Crippen LogP contribution is -2.40. The van der Waals surface area contributed by atoms with Gasteiger partial charge in [-0.3, -0.25) is 24.5 Å². The van der Waals surface area contributed by atoms with Gasteiger partial charge in [0, 0.05) is 17.7 Å². The molecule has 1 heterocycles. The molecule has 0 N–H and O–H groups in total. The van der Waals surface area contributed by atoms with Crippen molar-refractivity contribution in [1.82, 2.24) is 0 Å². The van der Waals surface area contributed by atoms with Crippen molar-refractivity contribution in [1.29, 1.82) is 0 Å². The number of rotatable bonds is 6. The van der Waals surface area contributed by atoms with Gasteiger partial charge in [0.15, 0.2) is 6.61 Å². The Bertz CT molecular complexity index is 1310. The van der Waals surface area contributed by atoms with E-state index in [1.165, 1.54) is 30.3 Å². The minimum atomic E-state index is -0.862. The highest BCUT2D eigenvalue weighted by molar-refractivity contribution is 6.24. The summed E-state index contributed by atoms with van der Waals surface area (Å²) in [5.74, 6) is -1.83. The van der Waals surface area contributed by atoms with Crippen LogP contribution in [0.25, 0.3) is 0 Å². The number of nitrogens with zero attached hydrogens (tertiary/aromatic N) is 2. The molecule has 35 heavy (non-hydrogen) atoms. The molecule has 1 aliphatic heterocycles. The van der Waals surface area contributed by atoms with Gasteiger partial charge in [-0.2, -0.15) is 0 Å². The van der Waals surface area contributed by atoms with Crippen LogP contribution in [0, 0.1) is 45.6 Å². The first kappa shape index (κ1) is 21.4. The lowest BCUT2D eigenvalue weighted by Gasteiger charge is -2.37. The van der Waals surface area contributed by atoms with Crippen molar-refractivity contribution in [3.63, 3.8) is 0 Å². The van der Waals surface area contributed by atoms with Gasteiger partial charge < -0.3 is 4.74 Å². The van der Waals surface area contributed by atoms with E-state index in [0.717, 1.165) is 17.4 Å². The molecule has 0 spiro atoms. The average molecular weight is 472 g/mol. The fraction of sp³-hybridized carbons (Fsp3) is 0.308. The van der Waals surface area contributed by atoms with Crippen molar-refractivity contribution in [3.8, 4) is 0 Å². The summed E-state index contributed by atoms with van der Waals surface area (Å²) in [6, 6.07) is 11.3. The zero-order chi connectivity index (χ0) is 24.4. The Morgan fingerprint density at radius 3 is 2.29 bits per heavy atom. The van der Waals surface area contributed by atoms with Crippen LogP contribution in [0.3, 0.4) is 0 Å². The number of allylic oxidation sites excluding steroid dienone is 2. The van der Waals surface area contributed by atoms with Crippen LogP contribution in [0.5, 0.6) is 0 Å². The molecule has 176 valence electrons. The van der Waals surface area contributed by atoms with E-state index in [1.54, 1.807) is 12.1 Å². The van der Waals surface area contributed by atoms with E-state index in [2.05, 4.69) is 12.2 Å². The van der Waals surface area contributed by atoms with Gasteiger partial charge in [0.25, 0.3) is 5.69 Å². The monoisotopic (exact) mass is 472 g/mol. The number of nitro groups is 1. The second-order valence-corrected chi connectivity index (χ2v) is 9.49. The predicted molar refractivity (Wildman–Crippen MR) is 121 cm³/mol. The molecule has 0 aromatic heterocycles. The van der Waals surface area contributed by atoms with Crippen molar-refractivity contribution >= 4 is 34.9 Å². The lowest BCUT2D eigenvalue weighted by atomic mass is 9.63. The standard InChI is InChI=1S/C26H20N2O7/c29-21(13-4-3-5-14(10-13)28(33)34)12-35-26(32)17-6-1-2-7-20(17)27-24(30)22-15-8-9-16(19-11-18(15)19)23(22)25(27)31/h1-10,15-16,18-19,22-23H,11-12H2/t15-,16-,18-,19+,22-,23+/m0/s1. The Balaban J connectivity index is 1.22. The number of Topliss-reactive ketones (excluding diaryl/α,β-unsaturated/α-hetero) is 1. The molecule has 4 aliphatic carbocycles. The molecular weight excluding hydrogens is 452 g/mol. The Kier molecular flexibility index (Phi) is 4.70. The zero-order valence-electron chi connectivity index (χ0n) is 18.4. The summed E-state index contributed by atoms with van der Waals surface area (Å²) in [5.41, 5.74) is -0.0557. The van der Waals surface area contributed by atoms with Crippen molar-refractivity contribution in [3.05, 3.63) is 81.9 Å². The van der Waals surface area contributed by atoms with Crippen LogP contribution in [-0.4, -0.2) is 35.1 Å².